The zero-order valence-electron chi connectivity index (χ0n) is 12.4. The molecule has 1 aromatic heterocycles. The second-order valence-electron chi connectivity index (χ2n) is 5.19. The molecule has 2 aromatic rings. The van der Waals surface area contributed by atoms with Crippen LogP contribution in [0.2, 0.25) is 0 Å². The number of ether oxygens (including phenoxy) is 2. The quantitative estimate of drug-likeness (QED) is 0.922. The molecule has 2 heterocycles. The standard InChI is InChI=1S/C16H20N2O2S/c1-11(17-6-5-16-12(2)18-10-21-16)13-3-4-14-15(9-13)20-8-7-19-14/h3-4,9-11,17H,5-8H2,1-2H3/t11-/m0/s1. The first kappa shape index (κ1) is 14.4. The minimum Gasteiger partial charge on any atom is -0.486 e. The SMILES string of the molecule is Cc1ncsc1CCN[C@@H](C)c1ccc2c(c1)OCCO2. The number of rotatable bonds is 5. The predicted molar refractivity (Wildman–Crippen MR) is 84.4 cm³/mol. The Labute approximate surface area is 129 Å². The van der Waals surface area contributed by atoms with E-state index in [0.717, 1.165) is 30.2 Å². The average Bonchev–Trinajstić information content (AvgIpc) is 2.92. The van der Waals surface area contributed by atoms with E-state index in [0.29, 0.717) is 13.2 Å². The molecule has 0 saturated heterocycles. The molecule has 3 rings (SSSR count). The van der Waals surface area contributed by atoms with Gasteiger partial charge in [-0.15, -0.1) is 11.3 Å². The molecule has 0 spiro atoms. The van der Waals surface area contributed by atoms with E-state index in [-0.39, 0.29) is 6.04 Å². The average molecular weight is 304 g/mol. The second kappa shape index (κ2) is 6.45. The Balaban J connectivity index is 1.58. The first-order chi connectivity index (χ1) is 10.2. The Kier molecular flexibility index (Phi) is 4.41. The fourth-order valence-electron chi connectivity index (χ4n) is 2.42. The number of hydrogen-bond donors (Lipinski definition) is 1. The second-order valence-corrected chi connectivity index (χ2v) is 6.13. The van der Waals surface area contributed by atoms with Crippen LogP contribution in [0.3, 0.4) is 0 Å². The summed E-state index contributed by atoms with van der Waals surface area (Å²) in [7, 11) is 0. The fourth-order valence-corrected chi connectivity index (χ4v) is 3.20. The van der Waals surface area contributed by atoms with Crippen molar-refractivity contribution in [3.8, 4) is 11.5 Å². The van der Waals surface area contributed by atoms with Gasteiger partial charge in [0.15, 0.2) is 11.5 Å². The van der Waals surface area contributed by atoms with Crippen LogP contribution in [-0.4, -0.2) is 24.7 Å². The van der Waals surface area contributed by atoms with Crippen LogP contribution in [0, 0.1) is 6.92 Å². The summed E-state index contributed by atoms with van der Waals surface area (Å²) >= 11 is 1.73. The van der Waals surface area contributed by atoms with Gasteiger partial charge in [0.25, 0.3) is 0 Å². The predicted octanol–water partition coefficient (Wildman–Crippen LogP) is 3.12. The molecule has 1 aliphatic heterocycles. The Bertz CT molecular complexity index is 612. The molecule has 0 aliphatic carbocycles. The third-order valence-electron chi connectivity index (χ3n) is 3.71. The molecule has 0 fully saturated rings. The number of nitrogens with zero attached hydrogens (tertiary/aromatic N) is 1. The highest BCUT2D eigenvalue weighted by molar-refractivity contribution is 7.09. The molecular weight excluding hydrogens is 284 g/mol. The van der Waals surface area contributed by atoms with Gasteiger partial charge in [0, 0.05) is 17.5 Å². The molecule has 1 atom stereocenters. The van der Waals surface area contributed by atoms with Crippen LogP contribution in [0.4, 0.5) is 0 Å². The van der Waals surface area contributed by atoms with E-state index in [1.165, 1.54) is 10.4 Å². The zero-order valence-corrected chi connectivity index (χ0v) is 13.2. The molecule has 0 amide bonds. The zero-order chi connectivity index (χ0) is 14.7. The van der Waals surface area contributed by atoms with E-state index in [1.807, 2.05) is 11.6 Å². The summed E-state index contributed by atoms with van der Waals surface area (Å²) < 4.78 is 11.2. The molecule has 1 aromatic carbocycles. The van der Waals surface area contributed by atoms with Crippen molar-refractivity contribution in [1.29, 1.82) is 0 Å². The van der Waals surface area contributed by atoms with Crippen molar-refractivity contribution in [2.45, 2.75) is 26.3 Å². The summed E-state index contributed by atoms with van der Waals surface area (Å²) in [5.74, 6) is 1.70. The molecule has 0 bridgehead atoms. The topological polar surface area (TPSA) is 43.4 Å². The minimum absolute atomic E-state index is 0.286. The number of thiazole rings is 1. The molecular formula is C16H20N2O2S. The number of aryl methyl sites for hydroxylation is 1. The van der Waals surface area contributed by atoms with Gasteiger partial charge in [-0.3, -0.25) is 0 Å². The molecule has 0 unspecified atom stereocenters. The molecule has 1 N–H and O–H groups in total. The monoisotopic (exact) mass is 304 g/mol. The van der Waals surface area contributed by atoms with E-state index < -0.39 is 0 Å². The van der Waals surface area contributed by atoms with Crippen molar-refractivity contribution in [3.63, 3.8) is 0 Å². The molecule has 4 nitrogen and oxygen atoms in total. The highest BCUT2D eigenvalue weighted by Crippen LogP contribution is 2.32. The van der Waals surface area contributed by atoms with Gasteiger partial charge in [0.1, 0.15) is 13.2 Å². The normalized spacial score (nSPS) is 15.0. The first-order valence-electron chi connectivity index (χ1n) is 7.26. The largest absolute Gasteiger partial charge is 0.486 e. The lowest BCUT2D eigenvalue weighted by atomic mass is 10.1. The van der Waals surface area contributed by atoms with E-state index in [2.05, 4.69) is 36.3 Å². The van der Waals surface area contributed by atoms with Crippen molar-refractivity contribution in [2.24, 2.45) is 0 Å². The van der Waals surface area contributed by atoms with Gasteiger partial charge in [-0.1, -0.05) is 6.07 Å². The van der Waals surface area contributed by atoms with Gasteiger partial charge >= 0.3 is 0 Å². The maximum absolute atomic E-state index is 5.63. The number of aromatic nitrogens is 1. The first-order valence-corrected chi connectivity index (χ1v) is 8.14. The van der Waals surface area contributed by atoms with Crippen LogP contribution in [0.1, 0.15) is 29.1 Å². The van der Waals surface area contributed by atoms with Crippen molar-refractivity contribution in [3.05, 3.63) is 39.8 Å². The van der Waals surface area contributed by atoms with Crippen molar-refractivity contribution >= 4 is 11.3 Å². The van der Waals surface area contributed by atoms with Gasteiger partial charge < -0.3 is 14.8 Å². The summed E-state index contributed by atoms with van der Waals surface area (Å²) in [5, 5.41) is 3.55. The highest BCUT2D eigenvalue weighted by Gasteiger charge is 2.14. The van der Waals surface area contributed by atoms with Crippen molar-refractivity contribution < 1.29 is 9.47 Å². The number of fused-ring (bicyclic) bond motifs is 1. The summed E-state index contributed by atoms with van der Waals surface area (Å²) in [4.78, 5) is 5.64. The molecule has 5 heteroatoms. The lowest BCUT2D eigenvalue weighted by Gasteiger charge is -2.21. The molecule has 21 heavy (non-hydrogen) atoms. The number of benzene rings is 1. The summed E-state index contributed by atoms with van der Waals surface area (Å²) in [6.07, 6.45) is 1.02. The van der Waals surface area contributed by atoms with Crippen LogP contribution in [0.25, 0.3) is 0 Å². The van der Waals surface area contributed by atoms with Gasteiger partial charge in [0.05, 0.1) is 11.2 Å². The maximum atomic E-state index is 5.63. The smallest absolute Gasteiger partial charge is 0.161 e. The Hall–Kier alpha value is -1.59. The van der Waals surface area contributed by atoms with Gasteiger partial charge in [0.2, 0.25) is 0 Å². The van der Waals surface area contributed by atoms with E-state index in [1.54, 1.807) is 11.3 Å². The maximum Gasteiger partial charge on any atom is 0.161 e. The Morgan fingerprint density at radius 2 is 2.10 bits per heavy atom. The minimum atomic E-state index is 0.286. The van der Waals surface area contributed by atoms with Crippen LogP contribution in [-0.2, 0) is 6.42 Å². The van der Waals surface area contributed by atoms with Gasteiger partial charge in [-0.05, 0) is 38.0 Å². The lowest BCUT2D eigenvalue weighted by molar-refractivity contribution is 0.171. The Morgan fingerprint density at radius 3 is 2.86 bits per heavy atom. The van der Waals surface area contributed by atoms with E-state index in [9.17, 15) is 0 Å². The van der Waals surface area contributed by atoms with Crippen LogP contribution < -0.4 is 14.8 Å². The number of hydrogen-bond acceptors (Lipinski definition) is 5. The van der Waals surface area contributed by atoms with Crippen LogP contribution >= 0.6 is 11.3 Å². The Morgan fingerprint density at radius 1 is 1.29 bits per heavy atom. The molecule has 0 radical (unpaired) electrons. The van der Waals surface area contributed by atoms with Gasteiger partial charge in [-0.2, -0.15) is 0 Å². The van der Waals surface area contributed by atoms with Crippen molar-refractivity contribution in [1.82, 2.24) is 10.3 Å². The van der Waals surface area contributed by atoms with E-state index >= 15 is 0 Å². The molecule has 1 aliphatic rings. The van der Waals surface area contributed by atoms with Crippen molar-refractivity contribution in [2.75, 3.05) is 19.8 Å². The summed E-state index contributed by atoms with van der Waals surface area (Å²) in [6.45, 7) is 6.44. The third-order valence-corrected chi connectivity index (χ3v) is 4.71. The van der Waals surface area contributed by atoms with Gasteiger partial charge in [-0.25, -0.2) is 4.98 Å². The lowest BCUT2D eigenvalue weighted by Crippen LogP contribution is -2.22. The third kappa shape index (κ3) is 3.36. The highest BCUT2D eigenvalue weighted by atomic mass is 32.1. The molecule has 112 valence electrons. The van der Waals surface area contributed by atoms with Crippen LogP contribution in [0.5, 0.6) is 11.5 Å². The molecule has 0 saturated carbocycles. The van der Waals surface area contributed by atoms with E-state index in [4.69, 9.17) is 9.47 Å². The summed E-state index contributed by atoms with van der Waals surface area (Å²) in [5.41, 5.74) is 4.28. The summed E-state index contributed by atoms with van der Waals surface area (Å²) in [6, 6.07) is 6.46. The van der Waals surface area contributed by atoms with Crippen LogP contribution in [0.15, 0.2) is 23.7 Å². The fraction of sp³-hybridized carbons (Fsp3) is 0.438. The number of nitrogens with one attached hydrogen (secondary N) is 1.